The van der Waals surface area contributed by atoms with Crippen LogP contribution >= 0.6 is 0 Å². The Hall–Kier alpha value is -1.84. The SMILES string of the molecule is O=C1CCC2(CCN1)CCN(C(=O)CCCc1ccccc1)CC2. The van der Waals surface area contributed by atoms with Crippen molar-refractivity contribution in [1.82, 2.24) is 10.2 Å². The maximum absolute atomic E-state index is 12.4. The van der Waals surface area contributed by atoms with E-state index in [9.17, 15) is 9.59 Å². The molecule has 1 aromatic carbocycles. The minimum atomic E-state index is 0.186. The molecular weight excluding hydrogens is 300 g/mol. The van der Waals surface area contributed by atoms with E-state index in [1.807, 2.05) is 23.1 Å². The molecule has 24 heavy (non-hydrogen) atoms. The summed E-state index contributed by atoms with van der Waals surface area (Å²) in [5.41, 5.74) is 1.58. The Morgan fingerprint density at radius 2 is 1.83 bits per heavy atom. The van der Waals surface area contributed by atoms with Gasteiger partial charge in [0.2, 0.25) is 11.8 Å². The predicted octanol–water partition coefficient (Wildman–Crippen LogP) is 2.92. The van der Waals surface area contributed by atoms with Crippen molar-refractivity contribution < 1.29 is 9.59 Å². The average Bonchev–Trinajstić information content (AvgIpc) is 2.78. The van der Waals surface area contributed by atoms with Gasteiger partial charge in [-0.3, -0.25) is 9.59 Å². The van der Waals surface area contributed by atoms with E-state index < -0.39 is 0 Å². The van der Waals surface area contributed by atoms with Gasteiger partial charge in [0.05, 0.1) is 0 Å². The van der Waals surface area contributed by atoms with Crippen LogP contribution in [0, 0.1) is 5.41 Å². The number of benzene rings is 1. The van der Waals surface area contributed by atoms with Gasteiger partial charge in [0.15, 0.2) is 0 Å². The molecule has 2 aliphatic heterocycles. The summed E-state index contributed by atoms with van der Waals surface area (Å²) in [6, 6.07) is 10.4. The molecule has 2 fully saturated rings. The number of amides is 2. The monoisotopic (exact) mass is 328 g/mol. The zero-order valence-electron chi connectivity index (χ0n) is 14.4. The van der Waals surface area contributed by atoms with E-state index in [1.165, 1.54) is 5.56 Å². The molecular formula is C20H28N2O2. The Labute approximate surface area is 144 Å². The average molecular weight is 328 g/mol. The Morgan fingerprint density at radius 1 is 1.08 bits per heavy atom. The molecule has 0 unspecified atom stereocenters. The first-order valence-corrected chi connectivity index (χ1v) is 9.25. The summed E-state index contributed by atoms with van der Waals surface area (Å²) in [6.45, 7) is 2.51. The highest BCUT2D eigenvalue weighted by Crippen LogP contribution is 2.40. The molecule has 4 nitrogen and oxygen atoms in total. The van der Waals surface area contributed by atoms with Crippen LogP contribution in [0.25, 0.3) is 0 Å². The topological polar surface area (TPSA) is 49.4 Å². The van der Waals surface area contributed by atoms with Crippen molar-refractivity contribution in [2.24, 2.45) is 5.41 Å². The molecule has 2 aliphatic rings. The van der Waals surface area contributed by atoms with Gasteiger partial charge in [-0.2, -0.15) is 0 Å². The largest absolute Gasteiger partial charge is 0.356 e. The van der Waals surface area contributed by atoms with Crippen LogP contribution in [0.1, 0.15) is 50.5 Å². The number of nitrogens with zero attached hydrogens (tertiary/aromatic N) is 1. The Morgan fingerprint density at radius 3 is 2.58 bits per heavy atom. The van der Waals surface area contributed by atoms with Crippen molar-refractivity contribution >= 4 is 11.8 Å². The first-order chi connectivity index (χ1) is 11.7. The Bertz CT molecular complexity index is 562. The lowest BCUT2D eigenvalue weighted by Gasteiger charge is -2.41. The van der Waals surface area contributed by atoms with E-state index >= 15 is 0 Å². The molecule has 0 aliphatic carbocycles. The molecule has 1 aromatic rings. The summed E-state index contributed by atoms with van der Waals surface area (Å²) in [7, 11) is 0. The minimum Gasteiger partial charge on any atom is -0.356 e. The smallest absolute Gasteiger partial charge is 0.222 e. The maximum Gasteiger partial charge on any atom is 0.222 e. The molecule has 0 atom stereocenters. The van der Waals surface area contributed by atoms with Crippen LogP contribution in [-0.2, 0) is 16.0 Å². The Kier molecular flexibility index (Phi) is 5.54. The third-order valence-corrected chi connectivity index (χ3v) is 5.74. The lowest BCUT2D eigenvalue weighted by molar-refractivity contribution is -0.134. The van der Waals surface area contributed by atoms with E-state index in [2.05, 4.69) is 17.4 Å². The molecule has 130 valence electrons. The highest BCUT2D eigenvalue weighted by Gasteiger charge is 2.36. The van der Waals surface area contributed by atoms with Crippen molar-refractivity contribution in [3.8, 4) is 0 Å². The second kappa shape index (κ2) is 7.82. The lowest BCUT2D eigenvalue weighted by Crippen LogP contribution is -2.43. The number of piperidine rings is 1. The van der Waals surface area contributed by atoms with Crippen LogP contribution in [0.2, 0.25) is 0 Å². The van der Waals surface area contributed by atoms with Gasteiger partial charge >= 0.3 is 0 Å². The minimum absolute atomic E-state index is 0.186. The van der Waals surface area contributed by atoms with Crippen LogP contribution in [-0.4, -0.2) is 36.3 Å². The van der Waals surface area contributed by atoms with Crippen molar-refractivity contribution in [2.75, 3.05) is 19.6 Å². The number of rotatable bonds is 4. The molecule has 2 amide bonds. The summed E-state index contributed by atoms with van der Waals surface area (Å²) in [4.78, 5) is 26.0. The van der Waals surface area contributed by atoms with Crippen molar-refractivity contribution in [3.05, 3.63) is 35.9 Å². The first-order valence-electron chi connectivity index (χ1n) is 9.25. The van der Waals surface area contributed by atoms with E-state index in [4.69, 9.17) is 0 Å². The maximum atomic E-state index is 12.4. The standard InChI is InChI=1S/C20H28N2O2/c23-18-9-10-20(11-14-21-18)12-15-22(16-13-20)19(24)8-4-7-17-5-2-1-3-6-17/h1-3,5-6H,4,7-16H2,(H,21,23). The summed E-state index contributed by atoms with van der Waals surface area (Å²) in [5.74, 6) is 0.481. The molecule has 2 saturated heterocycles. The quantitative estimate of drug-likeness (QED) is 0.924. The van der Waals surface area contributed by atoms with Gasteiger partial charge in [-0.15, -0.1) is 0 Å². The van der Waals surface area contributed by atoms with E-state index in [0.29, 0.717) is 18.7 Å². The number of hydrogen-bond donors (Lipinski definition) is 1. The van der Waals surface area contributed by atoms with Crippen molar-refractivity contribution in [3.63, 3.8) is 0 Å². The second-order valence-electron chi connectivity index (χ2n) is 7.32. The van der Waals surface area contributed by atoms with Crippen molar-refractivity contribution in [2.45, 2.75) is 51.4 Å². The molecule has 4 heteroatoms. The van der Waals surface area contributed by atoms with Crippen LogP contribution in [0.15, 0.2) is 30.3 Å². The van der Waals surface area contributed by atoms with Gasteiger partial charge in [-0.25, -0.2) is 0 Å². The highest BCUT2D eigenvalue weighted by atomic mass is 16.2. The van der Waals surface area contributed by atoms with Gasteiger partial charge in [0.25, 0.3) is 0 Å². The van der Waals surface area contributed by atoms with Gasteiger partial charge in [0.1, 0.15) is 0 Å². The third kappa shape index (κ3) is 4.37. The second-order valence-corrected chi connectivity index (χ2v) is 7.32. The third-order valence-electron chi connectivity index (χ3n) is 5.74. The first kappa shape index (κ1) is 17.0. The number of nitrogens with one attached hydrogen (secondary N) is 1. The molecule has 0 bridgehead atoms. The summed E-state index contributed by atoms with van der Waals surface area (Å²) in [6.07, 6.45) is 7.32. The summed E-state index contributed by atoms with van der Waals surface area (Å²) < 4.78 is 0. The fourth-order valence-corrected chi connectivity index (χ4v) is 4.04. The Balaban J connectivity index is 1.42. The molecule has 1 spiro atoms. The summed E-state index contributed by atoms with van der Waals surface area (Å²) in [5, 5.41) is 2.97. The van der Waals surface area contributed by atoms with E-state index in [1.54, 1.807) is 0 Å². The number of likely N-dealkylation sites (tertiary alicyclic amines) is 1. The van der Waals surface area contributed by atoms with Gasteiger partial charge in [-0.1, -0.05) is 30.3 Å². The lowest BCUT2D eigenvalue weighted by atomic mass is 9.73. The van der Waals surface area contributed by atoms with E-state index in [-0.39, 0.29) is 11.3 Å². The number of carbonyl (C=O) groups is 2. The molecule has 2 heterocycles. The van der Waals surface area contributed by atoms with Crippen molar-refractivity contribution in [1.29, 1.82) is 0 Å². The number of aryl methyl sites for hydroxylation is 1. The summed E-state index contributed by atoms with van der Waals surface area (Å²) >= 11 is 0. The van der Waals surface area contributed by atoms with E-state index in [0.717, 1.165) is 58.2 Å². The molecule has 0 aromatic heterocycles. The fraction of sp³-hybridized carbons (Fsp3) is 0.600. The van der Waals surface area contributed by atoms with Gasteiger partial charge in [-0.05, 0) is 49.5 Å². The molecule has 0 radical (unpaired) electrons. The molecule has 1 N–H and O–H groups in total. The number of carbonyl (C=O) groups excluding carboxylic acids is 2. The zero-order chi connectivity index (χ0) is 16.8. The highest BCUT2D eigenvalue weighted by molar-refractivity contribution is 5.77. The van der Waals surface area contributed by atoms with Crippen LogP contribution < -0.4 is 5.32 Å². The number of hydrogen-bond acceptors (Lipinski definition) is 2. The van der Waals surface area contributed by atoms with Gasteiger partial charge < -0.3 is 10.2 Å². The zero-order valence-corrected chi connectivity index (χ0v) is 14.4. The van der Waals surface area contributed by atoms with Gasteiger partial charge in [0, 0.05) is 32.5 Å². The normalized spacial score (nSPS) is 20.5. The predicted molar refractivity (Wildman–Crippen MR) is 94.5 cm³/mol. The molecule has 3 rings (SSSR count). The van der Waals surface area contributed by atoms with Crippen LogP contribution in [0.3, 0.4) is 0 Å². The molecule has 0 saturated carbocycles. The van der Waals surface area contributed by atoms with Crippen LogP contribution in [0.5, 0.6) is 0 Å². The fourth-order valence-electron chi connectivity index (χ4n) is 4.04. The van der Waals surface area contributed by atoms with Crippen LogP contribution in [0.4, 0.5) is 0 Å².